The first kappa shape index (κ1) is 14.4. The molecule has 2 aromatic carbocycles. The lowest BCUT2D eigenvalue weighted by atomic mass is 9.96. The van der Waals surface area contributed by atoms with Crippen molar-refractivity contribution in [3.63, 3.8) is 0 Å². The summed E-state index contributed by atoms with van der Waals surface area (Å²) in [6.07, 6.45) is 0. The summed E-state index contributed by atoms with van der Waals surface area (Å²) in [5, 5.41) is 0. The number of hydrogen-bond acceptors (Lipinski definition) is 3. The van der Waals surface area contributed by atoms with Crippen molar-refractivity contribution in [3.05, 3.63) is 64.7 Å². The van der Waals surface area contributed by atoms with Gasteiger partial charge >= 0.3 is 0 Å². The van der Waals surface area contributed by atoms with Crippen LogP contribution >= 0.6 is 0 Å². The van der Waals surface area contributed by atoms with Crippen LogP contribution in [0.5, 0.6) is 5.75 Å². The topological polar surface area (TPSA) is 47.3 Å². The average molecular weight is 278 g/mol. The fourth-order valence-electron chi connectivity index (χ4n) is 2.16. The Kier molecular flexibility index (Phi) is 4.32. The molecule has 0 spiro atoms. The van der Waals surface area contributed by atoms with Gasteiger partial charge in [0, 0.05) is 11.1 Å². The number of methoxy groups -OCH3 is 1. The summed E-state index contributed by atoms with van der Waals surface area (Å²) in [7, 11) is 1.52. The number of nitrogens with one attached hydrogen (secondary N) is 1. The van der Waals surface area contributed by atoms with Gasteiger partial charge < -0.3 is 4.74 Å². The van der Waals surface area contributed by atoms with Crippen LogP contribution in [0.25, 0.3) is 0 Å². The lowest BCUT2D eigenvalue weighted by Crippen LogP contribution is -2.30. The summed E-state index contributed by atoms with van der Waals surface area (Å²) >= 11 is 0. The lowest BCUT2D eigenvalue weighted by Gasteiger charge is -2.20. The van der Waals surface area contributed by atoms with Crippen LogP contribution in [0.1, 0.15) is 22.7 Å². The largest absolute Gasteiger partial charge is 0.496 e. The molecule has 5 heteroatoms. The minimum absolute atomic E-state index is 0.136. The number of hydrazine groups is 1. The second kappa shape index (κ2) is 5.98. The molecule has 0 heterocycles. The highest BCUT2D eigenvalue weighted by Crippen LogP contribution is 2.31. The third-order valence-electron chi connectivity index (χ3n) is 3.13. The molecule has 0 aliphatic rings. The number of nitrogens with two attached hydrogens (primary N) is 1. The summed E-state index contributed by atoms with van der Waals surface area (Å²) in [4.78, 5) is 0. The van der Waals surface area contributed by atoms with Gasteiger partial charge in [-0.1, -0.05) is 17.7 Å². The molecule has 0 aliphatic heterocycles. The Morgan fingerprint density at radius 2 is 1.85 bits per heavy atom. The molecule has 0 fully saturated rings. The van der Waals surface area contributed by atoms with Crippen molar-refractivity contribution in [2.45, 2.75) is 13.0 Å². The molecular weight excluding hydrogens is 262 g/mol. The average Bonchev–Trinajstić information content (AvgIpc) is 2.44. The second-order valence-corrected chi connectivity index (χ2v) is 4.51. The minimum atomic E-state index is -0.694. The van der Waals surface area contributed by atoms with Gasteiger partial charge in [0.2, 0.25) is 0 Å². The van der Waals surface area contributed by atoms with Gasteiger partial charge in [-0.25, -0.2) is 14.2 Å². The highest BCUT2D eigenvalue weighted by atomic mass is 19.1. The molecule has 0 saturated heterocycles. The maximum absolute atomic E-state index is 13.9. The van der Waals surface area contributed by atoms with Gasteiger partial charge in [-0.3, -0.25) is 5.84 Å². The fraction of sp³-hybridized carbons (Fsp3) is 0.200. The monoisotopic (exact) mass is 278 g/mol. The summed E-state index contributed by atoms with van der Waals surface area (Å²) < 4.78 is 32.5. The molecule has 0 amide bonds. The van der Waals surface area contributed by atoms with Crippen molar-refractivity contribution in [1.82, 2.24) is 5.43 Å². The van der Waals surface area contributed by atoms with E-state index >= 15 is 0 Å². The van der Waals surface area contributed by atoms with E-state index in [0.717, 1.165) is 23.8 Å². The van der Waals surface area contributed by atoms with Crippen molar-refractivity contribution in [2.24, 2.45) is 5.84 Å². The fourth-order valence-corrected chi connectivity index (χ4v) is 2.16. The van der Waals surface area contributed by atoms with Gasteiger partial charge in [-0.05, 0) is 31.2 Å². The van der Waals surface area contributed by atoms with E-state index in [0.29, 0.717) is 11.3 Å². The number of halogens is 2. The molecule has 0 aromatic heterocycles. The normalized spacial score (nSPS) is 12.2. The number of ether oxygens (including phenoxy) is 1. The molecule has 3 N–H and O–H groups in total. The Balaban J connectivity index is 2.57. The first-order valence-electron chi connectivity index (χ1n) is 6.12. The van der Waals surface area contributed by atoms with Gasteiger partial charge in [0.1, 0.15) is 17.4 Å². The van der Waals surface area contributed by atoms with Crippen molar-refractivity contribution < 1.29 is 13.5 Å². The van der Waals surface area contributed by atoms with E-state index in [1.807, 2.05) is 19.1 Å². The van der Waals surface area contributed by atoms with Crippen LogP contribution in [0.2, 0.25) is 0 Å². The molecule has 1 unspecified atom stereocenters. The number of rotatable bonds is 4. The molecule has 20 heavy (non-hydrogen) atoms. The predicted octanol–water partition coefficient (Wildman–Crippen LogP) is 2.83. The molecule has 106 valence electrons. The smallest absolute Gasteiger partial charge is 0.128 e. The van der Waals surface area contributed by atoms with Crippen LogP contribution in [-0.4, -0.2) is 7.11 Å². The molecule has 0 bridgehead atoms. The van der Waals surface area contributed by atoms with Crippen LogP contribution in [0.3, 0.4) is 0 Å². The summed E-state index contributed by atoms with van der Waals surface area (Å²) in [6.45, 7) is 1.90. The standard InChI is InChI=1S/C15H16F2N2O/c1-9-3-6-14(20-2)12(7-9)15(19-18)11-8-10(16)4-5-13(11)17/h3-8,15,19H,18H2,1-2H3. The summed E-state index contributed by atoms with van der Waals surface area (Å²) in [5.74, 6) is 5.04. The molecule has 2 aromatic rings. The Labute approximate surface area is 116 Å². The van der Waals surface area contributed by atoms with Gasteiger partial charge in [-0.2, -0.15) is 0 Å². The van der Waals surface area contributed by atoms with E-state index in [4.69, 9.17) is 10.6 Å². The van der Waals surface area contributed by atoms with Crippen LogP contribution in [0, 0.1) is 18.6 Å². The first-order valence-corrected chi connectivity index (χ1v) is 6.12. The number of hydrogen-bond donors (Lipinski definition) is 2. The molecule has 0 radical (unpaired) electrons. The van der Waals surface area contributed by atoms with Crippen LogP contribution in [0.15, 0.2) is 36.4 Å². The summed E-state index contributed by atoms with van der Waals surface area (Å²) in [5.41, 5.74) is 4.28. The van der Waals surface area contributed by atoms with E-state index in [1.165, 1.54) is 7.11 Å². The molecule has 0 saturated carbocycles. The molecular formula is C15H16F2N2O. The number of benzene rings is 2. The molecule has 2 rings (SSSR count). The predicted molar refractivity (Wildman–Crippen MR) is 73.3 cm³/mol. The first-order chi connectivity index (χ1) is 9.56. The van der Waals surface area contributed by atoms with Crippen molar-refractivity contribution in [2.75, 3.05) is 7.11 Å². The van der Waals surface area contributed by atoms with Crippen LogP contribution < -0.4 is 16.0 Å². The summed E-state index contributed by atoms with van der Waals surface area (Å²) in [6, 6.07) is 8.05. The quantitative estimate of drug-likeness (QED) is 0.668. The Morgan fingerprint density at radius 1 is 1.10 bits per heavy atom. The van der Waals surface area contributed by atoms with Gasteiger partial charge in [0.25, 0.3) is 0 Å². The maximum Gasteiger partial charge on any atom is 0.128 e. The SMILES string of the molecule is COc1ccc(C)cc1C(NN)c1cc(F)ccc1F. The van der Waals surface area contributed by atoms with Crippen molar-refractivity contribution in [1.29, 1.82) is 0 Å². The maximum atomic E-state index is 13.9. The zero-order chi connectivity index (χ0) is 14.7. The van der Waals surface area contributed by atoms with Crippen molar-refractivity contribution >= 4 is 0 Å². The molecule has 1 atom stereocenters. The van der Waals surface area contributed by atoms with E-state index in [1.54, 1.807) is 6.07 Å². The Morgan fingerprint density at radius 3 is 2.50 bits per heavy atom. The number of aryl methyl sites for hydroxylation is 1. The third kappa shape index (κ3) is 2.79. The highest BCUT2D eigenvalue weighted by molar-refractivity contribution is 5.44. The van der Waals surface area contributed by atoms with Crippen LogP contribution in [-0.2, 0) is 0 Å². The molecule has 3 nitrogen and oxygen atoms in total. The van der Waals surface area contributed by atoms with E-state index in [2.05, 4.69) is 5.43 Å². The highest BCUT2D eigenvalue weighted by Gasteiger charge is 2.21. The van der Waals surface area contributed by atoms with E-state index in [9.17, 15) is 8.78 Å². The zero-order valence-electron chi connectivity index (χ0n) is 11.3. The van der Waals surface area contributed by atoms with Crippen LogP contribution in [0.4, 0.5) is 8.78 Å². The van der Waals surface area contributed by atoms with E-state index < -0.39 is 17.7 Å². The van der Waals surface area contributed by atoms with Gasteiger partial charge in [0.05, 0.1) is 13.2 Å². The third-order valence-corrected chi connectivity index (χ3v) is 3.13. The lowest BCUT2D eigenvalue weighted by molar-refractivity contribution is 0.403. The van der Waals surface area contributed by atoms with Gasteiger partial charge in [0.15, 0.2) is 0 Å². The second-order valence-electron chi connectivity index (χ2n) is 4.51. The van der Waals surface area contributed by atoms with Gasteiger partial charge in [-0.15, -0.1) is 0 Å². The van der Waals surface area contributed by atoms with Crippen molar-refractivity contribution in [3.8, 4) is 5.75 Å². The Bertz CT molecular complexity index is 617. The molecule has 0 aliphatic carbocycles. The minimum Gasteiger partial charge on any atom is -0.496 e. The zero-order valence-corrected chi connectivity index (χ0v) is 11.3. The van der Waals surface area contributed by atoms with E-state index in [-0.39, 0.29) is 5.56 Å². The Hall–Kier alpha value is -1.98.